The number of benzene rings is 1. The van der Waals surface area contributed by atoms with E-state index in [0.717, 1.165) is 4.47 Å². The van der Waals surface area contributed by atoms with Crippen LogP contribution in [0.3, 0.4) is 0 Å². The van der Waals surface area contributed by atoms with Crippen LogP contribution in [0.1, 0.15) is 26.5 Å². The molecule has 2 aromatic heterocycles. The molecule has 0 aliphatic rings. The normalized spacial score (nSPS) is 10.7. The third kappa shape index (κ3) is 4.89. The van der Waals surface area contributed by atoms with Crippen LogP contribution in [0.25, 0.3) is 0 Å². The zero-order valence-corrected chi connectivity index (χ0v) is 16.7. The van der Waals surface area contributed by atoms with Crippen LogP contribution in [-0.4, -0.2) is 23.1 Å². The smallest absolute Gasteiger partial charge is 0.379 e. The monoisotopic (exact) mass is 491 g/mol. The Balaban J connectivity index is 1.80. The molecule has 0 aliphatic heterocycles. The first kappa shape index (κ1) is 19.0. The quantitative estimate of drug-likeness (QED) is 0.249. The number of hydrogen-bond acceptors (Lipinski definition) is 6. The van der Waals surface area contributed by atoms with Gasteiger partial charge in [0, 0.05) is 28.0 Å². The summed E-state index contributed by atoms with van der Waals surface area (Å²) in [6.07, 6.45) is 5.77. The summed E-state index contributed by atoms with van der Waals surface area (Å²) in [4.78, 5) is 28.0. The highest BCUT2D eigenvalue weighted by Crippen LogP contribution is 2.32. The molecule has 136 valence electrons. The molecule has 1 N–H and O–H groups in total. The second-order valence-electron chi connectivity index (χ2n) is 5.11. The Labute approximate surface area is 170 Å². The van der Waals surface area contributed by atoms with Crippen molar-refractivity contribution in [2.24, 2.45) is 5.10 Å². The maximum absolute atomic E-state index is 12.2. The lowest BCUT2D eigenvalue weighted by atomic mass is 10.2. The number of pyridine rings is 1. The molecule has 0 saturated heterocycles. The topological polar surface area (TPSA) is 93.8 Å². The molecule has 0 aliphatic carbocycles. The van der Waals surface area contributed by atoms with Crippen molar-refractivity contribution in [1.82, 2.24) is 10.4 Å². The van der Waals surface area contributed by atoms with Gasteiger partial charge in [-0.3, -0.25) is 9.78 Å². The minimum atomic E-state index is -0.654. The molecule has 0 bridgehead atoms. The molecule has 9 heteroatoms. The number of aromatic nitrogens is 1. The number of carbonyl (C=O) groups is 2. The van der Waals surface area contributed by atoms with Crippen molar-refractivity contribution in [3.8, 4) is 5.75 Å². The Kier molecular flexibility index (Phi) is 6.15. The summed E-state index contributed by atoms with van der Waals surface area (Å²) < 4.78 is 11.7. The number of hydrogen-bond donors (Lipinski definition) is 1. The van der Waals surface area contributed by atoms with Crippen LogP contribution in [0.15, 0.2) is 73.5 Å². The van der Waals surface area contributed by atoms with Crippen LogP contribution < -0.4 is 10.2 Å². The van der Waals surface area contributed by atoms with Crippen LogP contribution in [0, 0.1) is 0 Å². The van der Waals surface area contributed by atoms with Gasteiger partial charge in [0.25, 0.3) is 5.91 Å². The lowest BCUT2D eigenvalue weighted by Crippen LogP contribution is -2.17. The number of nitrogens with zero attached hydrogens (tertiary/aromatic N) is 2. The Morgan fingerprint density at radius 2 is 1.96 bits per heavy atom. The van der Waals surface area contributed by atoms with Crippen LogP contribution >= 0.6 is 31.9 Å². The predicted octanol–water partition coefficient (Wildman–Crippen LogP) is 4.18. The van der Waals surface area contributed by atoms with Gasteiger partial charge in [-0.05, 0) is 52.3 Å². The summed E-state index contributed by atoms with van der Waals surface area (Å²) >= 11 is 6.72. The number of carbonyl (C=O) groups excluding carboxylic acids is 2. The molecule has 3 aromatic rings. The van der Waals surface area contributed by atoms with Gasteiger partial charge in [0.05, 0.1) is 17.0 Å². The standard InChI is InChI=1S/C18H11Br2N3O4/c19-13-8-12(10-22-23-17(24)11-3-5-21-6-4-11)16(14(20)9-13)27-18(25)15-2-1-7-26-15/h1-10H,(H,23,24)/b22-10+. The number of esters is 1. The Hall–Kier alpha value is -2.78. The van der Waals surface area contributed by atoms with Crippen LogP contribution in [0.4, 0.5) is 0 Å². The number of ether oxygens (including phenoxy) is 1. The zero-order valence-electron chi connectivity index (χ0n) is 13.6. The molecule has 3 rings (SSSR count). The summed E-state index contributed by atoms with van der Waals surface area (Å²) in [6, 6.07) is 9.63. The Morgan fingerprint density at radius 1 is 1.19 bits per heavy atom. The lowest BCUT2D eigenvalue weighted by Gasteiger charge is -2.09. The highest BCUT2D eigenvalue weighted by Gasteiger charge is 2.17. The molecule has 1 aromatic carbocycles. The molecule has 0 unspecified atom stereocenters. The van der Waals surface area contributed by atoms with Gasteiger partial charge in [-0.15, -0.1) is 0 Å². The number of hydrazone groups is 1. The average Bonchev–Trinajstić information content (AvgIpc) is 3.20. The highest BCUT2D eigenvalue weighted by atomic mass is 79.9. The van der Waals surface area contributed by atoms with E-state index in [-0.39, 0.29) is 11.5 Å². The van der Waals surface area contributed by atoms with Gasteiger partial charge in [0.15, 0.2) is 5.75 Å². The fourth-order valence-electron chi connectivity index (χ4n) is 2.05. The minimum Gasteiger partial charge on any atom is -0.457 e. The molecule has 1 amide bonds. The lowest BCUT2D eigenvalue weighted by molar-refractivity contribution is 0.0699. The summed E-state index contributed by atoms with van der Waals surface area (Å²) in [5.41, 5.74) is 3.29. The molecule has 7 nitrogen and oxygen atoms in total. The van der Waals surface area contributed by atoms with Crippen LogP contribution in [0.5, 0.6) is 5.75 Å². The van der Waals surface area contributed by atoms with E-state index >= 15 is 0 Å². The van der Waals surface area contributed by atoms with Crippen molar-refractivity contribution in [2.75, 3.05) is 0 Å². The summed E-state index contributed by atoms with van der Waals surface area (Å²) in [5, 5.41) is 3.93. The molecular weight excluding hydrogens is 482 g/mol. The van der Waals surface area contributed by atoms with Gasteiger partial charge in [0.2, 0.25) is 5.76 Å². The largest absolute Gasteiger partial charge is 0.457 e. The first-order valence-electron chi connectivity index (χ1n) is 7.53. The molecule has 0 atom stereocenters. The number of amides is 1. The van der Waals surface area contributed by atoms with E-state index in [0.29, 0.717) is 15.6 Å². The molecular formula is C18H11Br2N3O4. The average molecular weight is 493 g/mol. The van der Waals surface area contributed by atoms with E-state index in [1.165, 1.54) is 30.9 Å². The third-order valence-electron chi connectivity index (χ3n) is 3.27. The number of halogens is 2. The molecule has 0 fully saturated rings. The second kappa shape index (κ2) is 8.74. The van der Waals surface area contributed by atoms with Gasteiger partial charge in [0.1, 0.15) is 0 Å². The SMILES string of the molecule is O=C(N/N=C/c1cc(Br)cc(Br)c1OC(=O)c1ccco1)c1ccncc1. The Bertz CT molecular complexity index is 989. The van der Waals surface area contributed by atoms with Gasteiger partial charge in [-0.1, -0.05) is 15.9 Å². The third-order valence-corrected chi connectivity index (χ3v) is 4.31. The summed E-state index contributed by atoms with van der Waals surface area (Å²) in [7, 11) is 0. The molecule has 0 spiro atoms. The fourth-order valence-corrected chi connectivity index (χ4v) is 3.39. The van der Waals surface area contributed by atoms with Gasteiger partial charge < -0.3 is 9.15 Å². The zero-order chi connectivity index (χ0) is 19.2. The van der Waals surface area contributed by atoms with Crippen molar-refractivity contribution in [2.45, 2.75) is 0 Å². The van der Waals surface area contributed by atoms with E-state index in [2.05, 4.69) is 47.4 Å². The van der Waals surface area contributed by atoms with E-state index < -0.39 is 11.9 Å². The maximum Gasteiger partial charge on any atom is 0.379 e. The summed E-state index contributed by atoms with van der Waals surface area (Å²) in [5.74, 6) is -0.740. The van der Waals surface area contributed by atoms with Crippen molar-refractivity contribution < 1.29 is 18.7 Å². The molecule has 0 radical (unpaired) electrons. The minimum absolute atomic E-state index is 0.0682. The van der Waals surface area contributed by atoms with Crippen molar-refractivity contribution in [3.05, 3.63) is 80.9 Å². The molecule has 0 saturated carbocycles. The van der Waals surface area contributed by atoms with Crippen molar-refractivity contribution >= 4 is 50.0 Å². The molecule has 2 heterocycles. The predicted molar refractivity (Wildman–Crippen MR) is 105 cm³/mol. The highest BCUT2D eigenvalue weighted by molar-refractivity contribution is 9.11. The van der Waals surface area contributed by atoms with E-state index in [1.54, 1.807) is 30.3 Å². The second-order valence-corrected chi connectivity index (χ2v) is 6.88. The van der Waals surface area contributed by atoms with Gasteiger partial charge in [-0.25, -0.2) is 10.2 Å². The van der Waals surface area contributed by atoms with E-state index in [9.17, 15) is 9.59 Å². The van der Waals surface area contributed by atoms with Crippen LogP contribution in [0.2, 0.25) is 0 Å². The maximum atomic E-state index is 12.2. The molecule has 27 heavy (non-hydrogen) atoms. The number of furan rings is 1. The van der Waals surface area contributed by atoms with Crippen molar-refractivity contribution in [1.29, 1.82) is 0 Å². The van der Waals surface area contributed by atoms with Gasteiger partial charge >= 0.3 is 5.97 Å². The van der Waals surface area contributed by atoms with Gasteiger partial charge in [-0.2, -0.15) is 5.10 Å². The number of rotatable bonds is 5. The van der Waals surface area contributed by atoms with E-state index in [4.69, 9.17) is 9.15 Å². The Morgan fingerprint density at radius 3 is 2.67 bits per heavy atom. The van der Waals surface area contributed by atoms with E-state index in [1.807, 2.05) is 0 Å². The number of nitrogens with one attached hydrogen (secondary N) is 1. The first-order chi connectivity index (χ1) is 13.0. The first-order valence-corrected chi connectivity index (χ1v) is 9.11. The van der Waals surface area contributed by atoms with Crippen molar-refractivity contribution in [3.63, 3.8) is 0 Å². The summed E-state index contributed by atoms with van der Waals surface area (Å²) in [6.45, 7) is 0. The van der Waals surface area contributed by atoms with Crippen LogP contribution in [-0.2, 0) is 0 Å². The fraction of sp³-hybridized carbons (Fsp3) is 0.